The van der Waals surface area contributed by atoms with Gasteiger partial charge in [0.05, 0.1) is 5.02 Å². The molecule has 0 aliphatic heterocycles. The van der Waals surface area contributed by atoms with Crippen LogP contribution in [-0.4, -0.2) is 9.97 Å². The van der Waals surface area contributed by atoms with Crippen molar-refractivity contribution in [3.8, 4) is 0 Å². The Labute approximate surface area is 186 Å². The van der Waals surface area contributed by atoms with Gasteiger partial charge in [-0.15, -0.1) is 0 Å². The fourth-order valence-corrected chi connectivity index (χ4v) is 6.21. The number of aromatic nitrogens is 2. The van der Waals surface area contributed by atoms with Gasteiger partial charge in [-0.05, 0) is 73.3 Å². The van der Waals surface area contributed by atoms with Crippen molar-refractivity contribution in [1.82, 2.24) is 9.97 Å². The average molecular weight is 441 g/mol. The average Bonchev–Trinajstić information content (AvgIpc) is 3.10. The Hall–Kier alpha value is -1.55. The van der Waals surface area contributed by atoms with Crippen LogP contribution < -0.4 is 0 Å². The first kappa shape index (κ1) is 19.4. The Morgan fingerprint density at radius 1 is 0.897 bits per heavy atom. The fourth-order valence-electron chi connectivity index (χ4n) is 4.95. The molecule has 0 N–H and O–H groups in total. The Bertz CT molecular complexity index is 1000. The van der Waals surface area contributed by atoms with E-state index in [1.165, 1.54) is 44.2 Å². The second kappa shape index (κ2) is 7.94. The van der Waals surface area contributed by atoms with Gasteiger partial charge in [-0.3, -0.25) is 4.98 Å². The summed E-state index contributed by atoms with van der Waals surface area (Å²) in [6, 6.07) is 15.2. The van der Waals surface area contributed by atoms with E-state index in [1.807, 2.05) is 12.3 Å². The standard InChI is InChI=1S/C24H22Cl2N2S/c25-22-21(9-12-27-23(22)26)29-19-5-6-20(28-15-19)16-7-10-24(11-8-16)13-17-3-1-2-4-18(17)14-24/h1-6,9,12,15-16H,7-8,10-11,13-14H2. The van der Waals surface area contributed by atoms with Crippen molar-refractivity contribution in [3.63, 3.8) is 0 Å². The van der Waals surface area contributed by atoms with Crippen LogP contribution in [0.1, 0.15) is 48.4 Å². The lowest BCUT2D eigenvalue weighted by Crippen LogP contribution is -2.27. The molecule has 0 saturated heterocycles. The van der Waals surface area contributed by atoms with E-state index < -0.39 is 0 Å². The number of benzene rings is 1. The molecule has 5 rings (SSSR count). The molecule has 0 bridgehead atoms. The van der Waals surface area contributed by atoms with Crippen LogP contribution in [0.4, 0.5) is 0 Å². The first-order valence-corrected chi connectivity index (χ1v) is 11.7. The summed E-state index contributed by atoms with van der Waals surface area (Å²) in [5, 5.41) is 0.838. The molecular formula is C24H22Cl2N2S. The van der Waals surface area contributed by atoms with Gasteiger partial charge < -0.3 is 0 Å². The molecule has 2 heterocycles. The highest BCUT2D eigenvalue weighted by atomic mass is 35.5. The molecule has 0 unspecified atom stereocenters. The number of hydrogen-bond donors (Lipinski definition) is 0. The highest BCUT2D eigenvalue weighted by Crippen LogP contribution is 2.50. The second-order valence-corrected chi connectivity index (χ2v) is 10.2. The topological polar surface area (TPSA) is 25.8 Å². The molecule has 1 aromatic carbocycles. The van der Waals surface area contributed by atoms with Crippen LogP contribution >= 0.6 is 35.0 Å². The zero-order valence-electron chi connectivity index (χ0n) is 16.1. The first-order valence-electron chi connectivity index (χ1n) is 10.1. The minimum absolute atomic E-state index is 0.339. The van der Waals surface area contributed by atoms with Gasteiger partial charge in [0, 0.05) is 33.8 Å². The number of fused-ring (bicyclic) bond motifs is 1. The molecule has 0 amide bonds. The fraction of sp³-hybridized carbons (Fsp3) is 0.333. The van der Waals surface area contributed by atoms with Crippen LogP contribution in [0.5, 0.6) is 0 Å². The molecule has 1 spiro atoms. The molecule has 1 fully saturated rings. The zero-order valence-corrected chi connectivity index (χ0v) is 18.4. The maximum atomic E-state index is 6.25. The monoisotopic (exact) mass is 440 g/mol. The van der Waals surface area contributed by atoms with E-state index in [0.29, 0.717) is 21.5 Å². The minimum Gasteiger partial charge on any atom is -0.260 e. The first-order chi connectivity index (χ1) is 14.1. The van der Waals surface area contributed by atoms with E-state index in [-0.39, 0.29) is 0 Å². The third-order valence-corrected chi connectivity index (χ3v) is 8.43. The third kappa shape index (κ3) is 3.93. The summed E-state index contributed by atoms with van der Waals surface area (Å²) >= 11 is 13.8. The largest absolute Gasteiger partial charge is 0.260 e. The van der Waals surface area contributed by atoms with Crippen molar-refractivity contribution < 1.29 is 0 Å². The van der Waals surface area contributed by atoms with Gasteiger partial charge in [-0.1, -0.05) is 59.2 Å². The van der Waals surface area contributed by atoms with E-state index in [2.05, 4.69) is 41.4 Å². The van der Waals surface area contributed by atoms with Crippen molar-refractivity contribution >= 4 is 35.0 Å². The summed E-state index contributed by atoms with van der Waals surface area (Å²) < 4.78 is 0. The molecule has 2 aromatic heterocycles. The summed E-state index contributed by atoms with van der Waals surface area (Å²) in [6.07, 6.45) is 11.2. The smallest absolute Gasteiger partial charge is 0.148 e. The predicted molar refractivity (Wildman–Crippen MR) is 120 cm³/mol. The number of rotatable bonds is 3. The molecule has 29 heavy (non-hydrogen) atoms. The van der Waals surface area contributed by atoms with Crippen molar-refractivity contribution in [2.24, 2.45) is 5.41 Å². The predicted octanol–water partition coefficient (Wildman–Crippen LogP) is 7.38. The summed E-state index contributed by atoms with van der Waals surface area (Å²) in [4.78, 5) is 10.8. The van der Waals surface area contributed by atoms with Gasteiger partial charge in [0.1, 0.15) is 5.15 Å². The number of halogens is 2. The second-order valence-electron chi connectivity index (χ2n) is 8.33. The maximum absolute atomic E-state index is 6.25. The summed E-state index contributed by atoms with van der Waals surface area (Å²) in [5.41, 5.74) is 4.85. The Morgan fingerprint density at radius 3 is 2.28 bits per heavy atom. The lowest BCUT2D eigenvalue weighted by Gasteiger charge is -2.37. The maximum Gasteiger partial charge on any atom is 0.148 e. The van der Waals surface area contributed by atoms with Crippen LogP contribution in [0.15, 0.2) is 64.6 Å². The molecular weight excluding hydrogens is 419 g/mol. The van der Waals surface area contributed by atoms with E-state index in [4.69, 9.17) is 28.2 Å². The molecule has 2 nitrogen and oxygen atoms in total. The van der Waals surface area contributed by atoms with Crippen LogP contribution in [0.3, 0.4) is 0 Å². The molecule has 0 radical (unpaired) electrons. The number of nitrogens with zero attached hydrogens (tertiary/aromatic N) is 2. The Balaban J connectivity index is 1.24. The quantitative estimate of drug-likeness (QED) is 0.397. The summed E-state index contributed by atoms with van der Waals surface area (Å²) in [6.45, 7) is 0. The molecule has 3 aromatic rings. The molecule has 5 heteroatoms. The molecule has 2 aliphatic carbocycles. The molecule has 1 saturated carbocycles. The Kier molecular flexibility index (Phi) is 5.32. The number of hydrogen-bond acceptors (Lipinski definition) is 3. The van der Waals surface area contributed by atoms with Gasteiger partial charge in [-0.25, -0.2) is 4.98 Å². The SMILES string of the molecule is Clc1nccc(Sc2ccc(C3CCC4(CC3)Cc3ccccc3C4)nc2)c1Cl. The van der Waals surface area contributed by atoms with E-state index in [9.17, 15) is 0 Å². The van der Waals surface area contributed by atoms with Gasteiger partial charge in [0.25, 0.3) is 0 Å². The van der Waals surface area contributed by atoms with E-state index in [1.54, 1.807) is 29.1 Å². The van der Waals surface area contributed by atoms with Crippen molar-refractivity contribution in [3.05, 3.63) is 81.9 Å². The lowest BCUT2D eigenvalue weighted by atomic mass is 9.68. The minimum atomic E-state index is 0.339. The molecule has 0 atom stereocenters. The van der Waals surface area contributed by atoms with Crippen molar-refractivity contribution in [2.45, 2.75) is 54.2 Å². The normalized spacial score (nSPS) is 18.1. The van der Waals surface area contributed by atoms with Gasteiger partial charge >= 0.3 is 0 Å². The lowest BCUT2D eigenvalue weighted by molar-refractivity contribution is 0.185. The van der Waals surface area contributed by atoms with Crippen LogP contribution in [0, 0.1) is 5.41 Å². The van der Waals surface area contributed by atoms with Crippen LogP contribution in [0.2, 0.25) is 10.2 Å². The summed E-state index contributed by atoms with van der Waals surface area (Å²) in [7, 11) is 0. The Morgan fingerprint density at radius 2 is 1.62 bits per heavy atom. The van der Waals surface area contributed by atoms with Gasteiger partial charge in [-0.2, -0.15) is 0 Å². The van der Waals surface area contributed by atoms with Crippen molar-refractivity contribution in [2.75, 3.05) is 0 Å². The van der Waals surface area contributed by atoms with E-state index in [0.717, 1.165) is 9.79 Å². The molecule has 148 valence electrons. The van der Waals surface area contributed by atoms with Crippen molar-refractivity contribution in [1.29, 1.82) is 0 Å². The van der Waals surface area contributed by atoms with Gasteiger partial charge in [0.15, 0.2) is 0 Å². The number of pyridine rings is 2. The van der Waals surface area contributed by atoms with Crippen LogP contribution in [-0.2, 0) is 12.8 Å². The third-order valence-electron chi connectivity index (χ3n) is 6.51. The summed E-state index contributed by atoms with van der Waals surface area (Å²) in [5.74, 6) is 0.572. The highest BCUT2D eigenvalue weighted by molar-refractivity contribution is 7.99. The van der Waals surface area contributed by atoms with Crippen LogP contribution in [0.25, 0.3) is 0 Å². The highest BCUT2D eigenvalue weighted by Gasteiger charge is 2.40. The van der Waals surface area contributed by atoms with Gasteiger partial charge in [0.2, 0.25) is 0 Å². The molecule has 2 aliphatic rings. The van der Waals surface area contributed by atoms with E-state index >= 15 is 0 Å². The zero-order chi connectivity index (χ0) is 19.8.